The summed E-state index contributed by atoms with van der Waals surface area (Å²) in [7, 11) is 0. The molecule has 1 aliphatic heterocycles. The van der Waals surface area contributed by atoms with E-state index in [2.05, 4.69) is 6.58 Å². The minimum Gasteiger partial charge on any atom is -0.344 e. The van der Waals surface area contributed by atoms with E-state index in [0.717, 1.165) is 17.8 Å². The van der Waals surface area contributed by atoms with Crippen LogP contribution in [0.3, 0.4) is 0 Å². The molecular formula is C12H11NO. The van der Waals surface area contributed by atoms with Crippen molar-refractivity contribution < 1.29 is 0 Å². The Morgan fingerprint density at radius 3 is 2.93 bits per heavy atom. The summed E-state index contributed by atoms with van der Waals surface area (Å²) in [5.41, 5.74) is 1.79. The van der Waals surface area contributed by atoms with Crippen molar-refractivity contribution in [3.05, 3.63) is 59.4 Å². The molecule has 1 aliphatic carbocycles. The maximum Gasteiger partial charge on any atom is 0.187 e. The molecule has 0 bridgehead atoms. The van der Waals surface area contributed by atoms with Gasteiger partial charge in [-0.25, -0.2) is 0 Å². The quantitative estimate of drug-likeness (QED) is 0.657. The van der Waals surface area contributed by atoms with E-state index in [1.807, 2.05) is 35.0 Å². The smallest absolute Gasteiger partial charge is 0.187 e. The minimum atomic E-state index is 0.0703. The zero-order valence-corrected chi connectivity index (χ0v) is 7.81. The summed E-state index contributed by atoms with van der Waals surface area (Å²) in [5.74, 6) is 0. The largest absolute Gasteiger partial charge is 0.344 e. The Labute approximate surface area is 82.5 Å². The maximum absolute atomic E-state index is 11.5. The van der Waals surface area contributed by atoms with E-state index in [-0.39, 0.29) is 5.43 Å². The van der Waals surface area contributed by atoms with Crippen LogP contribution in [0.2, 0.25) is 0 Å². The van der Waals surface area contributed by atoms with E-state index in [1.54, 1.807) is 12.1 Å². The van der Waals surface area contributed by atoms with E-state index in [9.17, 15) is 4.79 Å². The normalized spacial score (nSPS) is 10.3. The fourth-order valence-electron chi connectivity index (χ4n) is 1.57. The lowest BCUT2D eigenvalue weighted by atomic mass is 10.1. The first kappa shape index (κ1) is 8.75. The lowest BCUT2D eigenvalue weighted by Crippen LogP contribution is -2.09. The van der Waals surface area contributed by atoms with Gasteiger partial charge in [0.1, 0.15) is 0 Å². The molecular weight excluding hydrogens is 174 g/mol. The van der Waals surface area contributed by atoms with Crippen molar-refractivity contribution in [1.82, 2.24) is 4.57 Å². The van der Waals surface area contributed by atoms with Crippen LogP contribution in [0.15, 0.2) is 54.0 Å². The monoisotopic (exact) mass is 185 g/mol. The second kappa shape index (κ2) is 3.50. The molecule has 2 aliphatic rings. The molecule has 0 fully saturated rings. The van der Waals surface area contributed by atoms with Gasteiger partial charge in [-0.3, -0.25) is 4.79 Å². The number of aromatic nitrogens is 1. The number of hydrogen-bond acceptors (Lipinski definition) is 1. The molecule has 0 aromatic rings. The SMILES string of the molecule is C=CCn1cccc2c(=O)cccc1-2. The van der Waals surface area contributed by atoms with Crippen molar-refractivity contribution in [1.29, 1.82) is 0 Å². The van der Waals surface area contributed by atoms with Crippen LogP contribution in [0, 0.1) is 0 Å². The van der Waals surface area contributed by atoms with E-state index >= 15 is 0 Å². The molecule has 0 aromatic heterocycles. The summed E-state index contributed by atoms with van der Waals surface area (Å²) >= 11 is 0. The Morgan fingerprint density at radius 2 is 2.14 bits per heavy atom. The summed E-state index contributed by atoms with van der Waals surface area (Å²) in [6, 6.07) is 9.04. The molecule has 70 valence electrons. The number of allylic oxidation sites excluding steroid dienone is 1. The molecule has 0 saturated carbocycles. The van der Waals surface area contributed by atoms with Gasteiger partial charge in [-0.2, -0.15) is 0 Å². The van der Waals surface area contributed by atoms with Gasteiger partial charge in [0.05, 0.1) is 5.69 Å². The van der Waals surface area contributed by atoms with E-state index in [4.69, 9.17) is 0 Å². The van der Waals surface area contributed by atoms with Gasteiger partial charge in [0.25, 0.3) is 0 Å². The molecule has 0 unspecified atom stereocenters. The Bertz CT molecular complexity index is 484. The van der Waals surface area contributed by atoms with Gasteiger partial charge in [-0.1, -0.05) is 12.1 Å². The first-order valence-corrected chi connectivity index (χ1v) is 4.52. The second-order valence-electron chi connectivity index (χ2n) is 3.14. The van der Waals surface area contributed by atoms with Gasteiger partial charge < -0.3 is 4.57 Å². The highest BCUT2D eigenvalue weighted by Crippen LogP contribution is 2.16. The van der Waals surface area contributed by atoms with Crippen molar-refractivity contribution in [2.75, 3.05) is 0 Å². The first-order valence-electron chi connectivity index (χ1n) is 4.52. The van der Waals surface area contributed by atoms with Crippen LogP contribution in [-0.4, -0.2) is 4.57 Å². The third kappa shape index (κ3) is 1.35. The number of fused-ring (bicyclic) bond motifs is 1. The molecule has 1 heterocycles. The highest BCUT2D eigenvalue weighted by molar-refractivity contribution is 5.60. The first-order chi connectivity index (χ1) is 6.83. The van der Waals surface area contributed by atoms with Crippen molar-refractivity contribution in [3.8, 4) is 11.3 Å². The standard InChI is InChI=1S/C12H11NO/c1-2-8-13-9-4-5-10-11(13)6-3-7-12(10)14/h2-7,9H,1,8H2. The third-order valence-electron chi connectivity index (χ3n) is 2.21. The summed E-state index contributed by atoms with van der Waals surface area (Å²) in [4.78, 5) is 11.5. The van der Waals surface area contributed by atoms with Crippen LogP contribution >= 0.6 is 0 Å². The molecule has 0 spiro atoms. The van der Waals surface area contributed by atoms with Crippen LogP contribution in [0.5, 0.6) is 0 Å². The number of hydrogen-bond donors (Lipinski definition) is 0. The summed E-state index contributed by atoms with van der Waals surface area (Å²) in [6.45, 7) is 4.41. The van der Waals surface area contributed by atoms with Crippen molar-refractivity contribution >= 4 is 0 Å². The Hall–Kier alpha value is -1.83. The number of benzene rings is 1. The fraction of sp³-hybridized carbons (Fsp3) is 0.0833. The van der Waals surface area contributed by atoms with Gasteiger partial charge in [0.2, 0.25) is 0 Å². The fourth-order valence-corrected chi connectivity index (χ4v) is 1.57. The van der Waals surface area contributed by atoms with Crippen molar-refractivity contribution in [2.24, 2.45) is 0 Å². The number of nitrogens with zero attached hydrogens (tertiary/aromatic N) is 1. The highest BCUT2D eigenvalue weighted by Gasteiger charge is 2.06. The van der Waals surface area contributed by atoms with Crippen LogP contribution in [0.4, 0.5) is 0 Å². The van der Waals surface area contributed by atoms with Gasteiger partial charge in [-0.15, -0.1) is 6.58 Å². The van der Waals surface area contributed by atoms with Crippen LogP contribution in [-0.2, 0) is 6.54 Å². The van der Waals surface area contributed by atoms with Crippen LogP contribution < -0.4 is 5.43 Å². The molecule has 14 heavy (non-hydrogen) atoms. The van der Waals surface area contributed by atoms with Gasteiger partial charge in [0.15, 0.2) is 5.43 Å². The average molecular weight is 185 g/mol. The summed E-state index contributed by atoms with van der Waals surface area (Å²) < 4.78 is 2.00. The predicted octanol–water partition coefficient (Wildman–Crippen LogP) is 2.14. The zero-order valence-electron chi connectivity index (χ0n) is 7.81. The molecule has 2 rings (SSSR count). The lowest BCUT2D eigenvalue weighted by molar-refractivity contribution is 0.822. The Kier molecular flexibility index (Phi) is 2.19. The molecule has 0 N–H and O–H groups in total. The Morgan fingerprint density at radius 1 is 1.29 bits per heavy atom. The minimum absolute atomic E-state index is 0.0703. The van der Waals surface area contributed by atoms with E-state index < -0.39 is 0 Å². The summed E-state index contributed by atoms with van der Waals surface area (Å²) in [5, 5.41) is 0. The molecule has 2 heteroatoms. The van der Waals surface area contributed by atoms with Crippen molar-refractivity contribution in [3.63, 3.8) is 0 Å². The van der Waals surface area contributed by atoms with Crippen molar-refractivity contribution in [2.45, 2.75) is 6.54 Å². The molecule has 0 saturated heterocycles. The maximum atomic E-state index is 11.5. The van der Waals surface area contributed by atoms with E-state index in [0.29, 0.717) is 0 Å². The predicted molar refractivity (Wildman–Crippen MR) is 57.5 cm³/mol. The molecule has 0 aromatic carbocycles. The van der Waals surface area contributed by atoms with Gasteiger partial charge in [-0.05, 0) is 24.3 Å². The Balaban J connectivity index is 2.70. The average Bonchev–Trinajstić information content (AvgIpc) is 2.20. The molecule has 0 radical (unpaired) electrons. The van der Waals surface area contributed by atoms with E-state index in [1.165, 1.54) is 0 Å². The zero-order chi connectivity index (χ0) is 9.97. The highest BCUT2D eigenvalue weighted by atomic mass is 16.1. The molecule has 0 atom stereocenters. The van der Waals surface area contributed by atoms with Gasteiger partial charge >= 0.3 is 0 Å². The lowest BCUT2D eigenvalue weighted by Gasteiger charge is -2.12. The number of rotatable bonds is 2. The molecule has 0 amide bonds. The topological polar surface area (TPSA) is 22.0 Å². The van der Waals surface area contributed by atoms with Crippen LogP contribution in [0.25, 0.3) is 11.3 Å². The number of pyridine rings is 1. The summed E-state index contributed by atoms with van der Waals surface area (Å²) in [6.07, 6.45) is 3.76. The van der Waals surface area contributed by atoms with Gasteiger partial charge in [0, 0.05) is 18.3 Å². The second-order valence-corrected chi connectivity index (χ2v) is 3.14. The van der Waals surface area contributed by atoms with Crippen LogP contribution in [0.1, 0.15) is 0 Å². The third-order valence-corrected chi connectivity index (χ3v) is 2.21. The molecule has 2 nitrogen and oxygen atoms in total.